The average Bonchev–Trinajstić information content (AvgIpc) is 3.71. The van der Waals surface area contributed by atoms with E-state index in [0.29, 0.717) is 5.92 Å². The standard InChI is InChI=1S/C23H21.C22H19.C2H6Si.2ClH.Zr/c1-14-12-21-16(3)15(2)17(4)23(22(21)13-14)20-11-7-9-18-8-5-6-10-19(18)20;1-15(2)18-13-17-9-6-12-21(22(17)14-18)20-11-5-8-16-7-3-4-10-19(16)20;1-3-2;;;/h5-13H,1-4H3;3-15H,1-2H3;1-2H3;2*1H;/q2*-1;;;;+2/p-2. The third-order valence-electron chi connectivity index (χ3n) is 9.79. The van der Waals surface area contributed by atoms with Gasteiger partial charge < -0.3 is 24.8 Å². The Bertz CT molecular complexity index is 2450. The first-order chi connectivity index (χ1) is 23.5. The Kier molecular flexibility index (Phi) is 13.9. The summed E-state index contributed by atoms with van der Waals surface area (Å²) in [6.07, 6.45) is 0. The molecule has 0 aliphatic carbocycles. The third-order valence-corrected chi connectivity index (χ3v) is 9.79. The number of fused-ring (bicyclic) bond motifs is 4. The van der Waals surface area contributed by atoms with Crippen LogP contribution < -0.4 is 24.8 Å². The Morgan fingerprint density at radius 1 is 0.529 bits per heavy atom. The molecule has 8 aromatic rings. The van der Waals surface area contributed by atoms with Crippen LogP contribution in [0.2, 0.25) is 13.1 Å². The molecule has 0 spiro atoms. The summed E-state index contributed by atoms with van der Waals surface area (Å²) in [6, 6.07) is 46.5. The molecule has 0 saturated heterocycles. The predicted molar refractivity (Wildman–Crippen MR) is 215 cm³/mol. The smallest absolute Gasteiger partial charge is 0.0113 e. The molecular formula is C47H46Cl2SiZr-2. The van der Waals surface area contributed by atoms with Crippen molar-refractivity contribution >= 4 is 48.5 Å². The molecule has 0 fully saturated rings. The van der Waals surface area contributed by atoms with Gasteiger partial charge >= 0.3 is 41.9 Å². The van der Waals surface area contributed by atoms with Crippen LogP contribution in [0.1, 0.15) is 47.6 Å². The summed E-state index contributed by atoms with van der Waals surface area (Å²) < 4.78 is 0. The normalized spacial score (nSPS) is 10.7. The summed E-state index contributed by atoms with van der Waals surface area (Å²) in [4.78, 5) is 0. The van der Waals surface area contributed by atoms with Gasteiger partial charge in [-0.2, -0.15) is 12.1 Å². The minimum atomic E-state index is 0. The van der Waals surface area contributed by atoms with Crippen molar-refractivity contribution < 1.29 is 48.1 Å². The molecule has 258 valence electrons. The maximum atomic E-state index is 2.36. The van der Waals surface area contributed by atoms with Crippen LogP contribution in [0.25, 0.3) is 65.3 Å². The minimum absolute atomic E-state index is 0. The second kappa shape index (κ2) is 17.5. The molecule has 0 aliphatic rings. The Morgan fingerprint density at radius 3 is 1.61 bits per heavy atom. The van der Waals surface area contributed by atoms with Crippen molar-refractivity contribution in [3.8, 4) is 22.3 Å². The fourth-order valence-corrected chi connectivity index (χ4v) is 7.12. The van der Waals surface area contributed by atoms with E-state index in [4.69, 9.17) is 0 Å². The van der Waals surface area contributed by atoms with Crippen molar-refractivity contribution in [3.05, 3.63) is 155 Å². The largest absolute Gasteiger partial charge is 1.00 e. The Hall–Kier alpha value is -3.26. The van der Waals surface area contributed by atoms with E-state index in [1.54, 1.807) is 23.3 Å². The molecule has 4 heteroatoms. The van der Waals surface area contributed by atoms with Crippen LogP contribution in [0.5, 0.6) is 0 Å². The van der Waals surface area contributed by atoms with Gasteiger partial charge in [-0.15, -0.1) is 62.5 Å². The average molecular weight is 801 g/mol. The van der Waals surface area contributed by atoms with Gasteiger partial charge in [0.2, 0.25) is 0 Å². The second-order valence-corrected chi connectivity index (χ2v) is 23.3. The Balaban J connectivity index is 0.000000200. The van der Waals surface area contributed by atoms with E-state index in [2.05, 4.69) is 182 Å². The summed E-state index contributed by atoms with van der Waals surface area (Å²) in [5.41, 5.74) is 12.6. The first-order valence-corrected chi connectivity index (χ1v) is 23.6. The van der Waals surface area contributed by atoms with E-state index in [1.165, 1.54) is 93.2 Å². The zero-order valence-corrected chi connectivity index (χ0v) is 35.9. The molecule has 0 aliphatic heterocycles. The van der Waals surface area contributed by atoms with E-state index in [-0.39, 0.29) is 30.2 Å². The molecule has 0 N–H and O–H groups in total. The zero-order valence-electron chi connectivity index (χ0n) is 31.0. The van der Waals surface area contributed by atoms with Gasteiger partial charge in [0, 0.05) is 0 Å². The maximum Gasteiger partial charge on any atom is -0.0113 e. The first kappa shape index (κ1) is 40.5. The SMILES string of the molecule is CC(C)c1cc2c(-c3cccc4ccccc34)cccc2[cH-]1.C[Si](C)=[Zr+2].Cc1cc2c(-c3cccc4ccccc34)c(C)c(C)c(C)c2[cH-]1.[Cl-].[Cl-]. The number of hydrogen-bond acceptors (Lipinski definition) is 0. The zero-order chi connectivity index (χ0) is 34.8. The van der Waals surface area contributed by atoms with Crippen LogP contribution in [0.3, 0.4) is 0 Å². The molecule has 0 saturated carbocycles. The molecule has 8 aromatic carbocycles. The summed E-state index contributed by atoms with van der Waals surface area (Å²) >= 11 is 1.74. The summed E-state index contributed by atoms with van der Waals surface area (Å²) in [7, 11) is 0. The van der Waals surface area contributed by atoms with Crippen molar-refractivity contribution in [1.82, 2.24) is 0 Å². The third kappa shape index (κ3) is 8.53. The van der Waals surface area contributed by atoms with Crippen molar-refractivity contribution in [1.29, 1.82) is 0 Å². The van der Waals surface area contributed by atoms with E-state index >= 15 is 0 Å². The number of halogens is 2. The van der Waals surface area contributed by atoms with Crippen molar-refractivity contribution in [2.24, 2.45) is 0 Å². The Labute approximate surface area is 332 Å². The van der Waals surface area contributed by atoms with Crippen LogP contribution in [-0.4, -0.2) is 5.43 Å². The van der Waals surface area contributed by atoms with Gasteiger partial charge in [0.1, 0.15) is 0 Å². The van der Waals surface area contributed by atoms with Crippen molar-refractivity contribution in [3.63, 3.8) is 0 Å². The van der Waals surface area contributed by atoms with Gasteiger partial charge in [-0.25, -0.2) is 0 Å². The second-order valence-electron chi connectivity index (χ2n) is 13.9. The van der Waals surface area contributed by atoms with Crippen LogP contribution in [-0.2, 0) is 23.3 Å². The number of aryl methyl sites for hydroxylation is 2. The maximum absolute atomic E-state index is 2.36. The number of rotatable bonds is 3. The van der Waals surface area contributed by atoms with E-state index in [9.17, 15) is 0 Å². The minimum Gasteiger partial charge on any atom is -1.00 e. The van der Waals surface area contributed by atoms with Crippen molar-refractivity contribution in [2.75, 3.05) is 0 Å². The van der Waals surface area contributed by atoms with Crippen LogP contribution in [0, 0.1) is 27.7 Å². The quantitative estimate of drug-likeness (QED) is 0.126. The van der Waals surface area contributed by atoms with Crippen molar-refractivity contribution in [2.45, 2.75) is 60.6 Å². The van der Waals surface area contributed by atoms with Gasteiger partial charge in [0.25, 0.3) is 0 Å². The molecule has 0 atom stereocenters. The Morgan fingerprint density at radius 2 is 1.02 bits per heavy atom. The number of benzene rings is 6. The van der Waals surface area contributed by atoms with Gasteiger partial charge in [0.05, 0.1) is 0 Å². The topological polar surface area (TPSA) is 0 Å². The molecule has 0 aromatic heterocycles. The molecule has 0 heterocycles. The number of hydrogen-bond donors (Lipinski definition) is 0. The van der Waals surface area contributed by atoms with Gasteiger partial charge in [0.15, 0.2) is 0 Å². The molecule has 8 rings (SSSR count). The van der Waals surface area contributed by atoms with Crippen LogP contribution >= 0.6 is 0 Å². The molecule has 0 nitrogen and oxygen atoms in total. The fraction of sp³-hybridized carbons (Fsp3) is 0.191. The molecule has 0 radical (unpaired) electrons. The predicted octanol–water partition coefficient (Wildman–Crippen LogP) is 7.91. The van der Waals surface area contributed by atoms with Gasteiger partial charge in [-0.3, -0.25) is 0 Å². The molecular weight excluding hydrogens is 755 g/mol. The van der Waals surface area contributed by atoms with Crippen LogP contribution in [0.4, 0.5) is 0 Å². The summed E-state index contributed by atoms with van der Waals surface area (Å²) in [5.74, 6) is 0.563. The van der Waals surface area contributed by atoms with E-state index in [1.807, 2.05) is 0 Å². The first-order valence-electron chi connectivity index (χ1n) is 17.4. The molecule has 0 bridgehead atoms. The molecule has 0 unspecified atom stereocenters. The fourth-order valence-electron chi connectivity index (χ4n) is 7.12. The molecule has 51 heavy (non-hydrogen) atoms. The van der Waals surface area contributed by atoms with Gasteiger partial charge in [-0.05, 0) is 52.4 Å². The van der Waals surface area contributed by atoms with Gasteiger partial charge in [-0.1, -0.05) is 141 Å². The van der Waals surface area contributed by atoms with Crippen LogP contribution in [0.15, 0.2) is 127 Å². The monoisotopic (exact) mass is 798 g/mol. The van der Waals surface area contributed by atoms with E-state index in [0.717, 1.165) is 0 Å². The summed E-state index contributed by atoms with van der Waals surface area (Å²) in [6.45, 7) is 18.1. The van der Waals surface area contributed by atoms with E-state index < -0.39 is 0 Å². The summed E-state index contributed by atoms with van der Waals surface area (Å²) in [5, 5.41) is 10.8. The molecule has 0 amide bonds.